The summed E-state index contributed by atoms with van der Waals surface area (Å²) in [5, 5.41) is 1.33. The van der Waals surface area contributed by atoms with E-state index in [0.717, 1.165) is 50.8 Å². The van der Waals surface area contributed by atoms with Crippen molar-refractivity contribution in [2.75, 3.05) is 31.2 Å². The molecule has 0 atom stereocenters. The molecular weight excluding hydrogens is 354 g/mol. The van der Waals surface area contributed by atoms with Crippen LogP contribution in [-0.2, 0) is 30.4 Å². The van der Waals surface area contributed by atoms with E-state index < -0.39 is 0 Å². The highest BCUT2D eigenvalue weighted by molar-refractivity contribution is 7.19. The summed E-state index contributed by atoms with van der Waals surface area (Å²) in [6.07, 6.45) is 6.86. The molecule has 2 aliphatic rings. The zero-order valence-corrected chi connectivity index (χ0v) is 16.4. The van der Waals surface area contributed by atoms with Crippen molar-refractivity contribution >= 4 is 27.4 Å². The van der Waals surface area contributed by atoms with Gasteiger partial charge in [0.2, 0.25) is 0 Å². The van der Waals surface area contributed by atoms with Crippen LogP contribution >= 0.6 is 11.3 Å². The number of aryl methyl sites for hydroxylation is 4. The van der Waals surface area contributed by atoms with Gasteiger partial charge in [-0.2, -0.15) is 0 Å². The molecule has 140 valence electrons. The summed E-state index contributed by atoms with van der Waals surface area (Å²) < 4.78 is 5.58. The van der Waals surface area contributed by atoms with Gasteiger partial charge in [0.05, 0.1) is 18.6 Å². The number of hydrogen-bond donors (Lipinski definition) is 0. The Labute approximate surface area is 164 Å². The number of nitrogens with zero attached hydrogens (tertiary/aromatic N) is 3. The fourth-order valence-corrected chi connectivity index (χ4v) is 5.47. The maximum atomic E-state index is 5.58. The summed E-state index contributed by atoms with van der Waals surface area (Å²) in [5.41, 5.74) is 2.87. The van der Waals surface area contributed by atoms with E-state index in [9.17, 15) is 0 Å². The molecule has 27 heavy (non-hydrogen) atoms. The van der Waals surface area contributed by atoms with E-state index in [1.165, 1.54) is 47.0 Å². The summed E-state index contributed by atoms with van der Waals surface area (Å²) in [5.74, 6) is 2.14. The lowest BCUT2D eigenvalue weighted by atomic mass is 9.97. The van der Waals surface area contributed by atoms with Crippen molar-refractivity contribution in [3.8, 4) is 0 Å². The number of ether oxygens (including phenoxy) is 1. The first kappa shape index (κ1) is 17.1. The lowest BCUT2D eigenvalue weighted by molar-refractivity contribution is 0.122. The van der Waals surface area contributed by atoms with E-state index in [-0.39, 0.29) is 0 Å². The number of thiophene rings is 1. The normalized spacial score (nSPS) is 17.3. The minimum absolute atomic E-state index is 0.789. The van der Waals surface area contributed by atoms with Crippen molar-refractivity contribution in [3.05, 3.63) is 52.2 Å². The minimum atomic E-state index is 0.789. The molecule has 5 heteroatoms. The predicted molar refractivity (Wildman–Crippen MR) is 111 cm³/mol. The second-order valence-electron chi connectivity index (χ2n) is 7.44. The Morgan fingerprint density at radius 2 is 1.78 bits per heavy atom. The van der Waals surface area contributed by atoms with Gasteiger partial charge in [-0.1, -0.05) is 30.3 Å². The molecule has 5 rings (SSSR count). The maximum absolute atomic E-state index is 5.58. The number of fused-ring (bicyclic) bond motifs is 3. The molecular formula is C22H25N3OS. The van der Waals surface area contributed by atoms with Crippen LogP contribution in [0.25, 0.3) is 10.2 Å². The molecule has 0 unspecified atom stereocenters. The topological polar surface area (TPSA) is 38.2 Å². The van der Waals surface area contributed by atoms with Gasteiger partial charge in [-0.05, 0) is 43.2 Å². The molecule has 0 radical (unpaired) electrons. The molecule has 1 aromatic carbocycles. The van der Waals surface area contributed by atoms with Crippen molar-refractivity contribution in [1.29, 1.82) is 0 Å². The van der Waals surface area contributed by atoms with Crippen molar-refractivity contribution in [3.63, 3.8) is 0 Å². The number of aromatic nitrogens is 2. The number of rotatable bonds is 4. The summed E-state index contributed by atoms with van der Waals surface area (Å²) >= 11 is 1.90. The van der Waals surface area contributed by atoms with Crippen molar-refractivity contribution < 1.29 is 4.74 Å². The molecule has 3 aromatic rings. The van der Waals surface area contributed by atoms with Crippen molar-refractivity contribution in [2.24, 2.45) is 0 Å². The molecule has 3 heterocycles. The second-order valence-corrected chi connectivity index (χ2v) is 8.52. The minimum Gasteiger partial charge on any atom is -0.378 e. The van der Waals surface area contributed by atoms with Crippen LogP contribution in [0.5, 0.6) is 0 Å². The van der Waals surface area contributed by atoms with Crippen LogP contribution in [0.3, 0.4) is 0 Å². The molecule has 2 aromatic heterocycles. The summed E-state index contributed by atoms with van der Waals surface area (Å²) in [6, 6.07) is 10.6. The van der Waals surface area contributed by atoms with Gasteiger partial charge >= 0.3 is 0 Å². The average Bonchev–Trinajstić information content (AvgIpc) is 3.11. The Bertz CT molecular complexity index is 932. The Kier molecular flexibility index (Phi) is 4.80. The van der Waals surface area contributed by atoms with Gasteiger partial charge in [0.1, 0.15) is 16.5 Å². The Morgan fingerprint density at radius 3 is 2.63 bits per heavy atom. The predicted octanol–water partition coefficient (Wildman–Crippen LogP) is 4.19. The van der Waals surface area contributed by atoms with E-state index in [1.54, 1.807) is 4.88 Å². The highest BCUT2D eigenvalue weighted by Gasteiger charge is 2.24. The molecule has 1 fully saturated rings. The fourth-order valence-electron chi connectivity index (χ4n) is 4.20. The first-order valence-electron chi connectivity index (χ1n) is 10.1. The van der Waals surface area contributed by atoms with Gasteiger partial charge in [-0.25, -0.2) is 9.97 Å². The number of anilines is 1. The first-order valence-corrected chi connectivity index (χ1v) is 10.9. The summed E-state index contributed by atoms with van der Waals surface area (Å²) in [6.45, 7) is 3.43. The lowest BCUT2D eigenvalue weighted by Crippen LogP contribution is -2.37. The van der Waals surface area contributed by atoms with Gasteiger partial charge < -0.3 is 9.64 Å². The fraction of sp³-hybridized carbons (Fsp3) is 0.455. The maximum Gasteiger partial charge on any atom is 0.141 e. The molecule has 0 saturated carbocycles. The van der Waals surface area contributed by atoms with E-state index in [2.05, 4.69) is 35.2 Å². The third-order valence-electron chi connectivity index (χ3n) is 5.63. The largest absolute Gasteiger partial charge is 0.378 e. The van der Waals surface area contributed by atoms with Crippen molar-refractivity contribution in [2.45, 2.75) is 38.5 Å². The number of benzene rings is 1. The summed E-state index contributed by atoms with van der Waals surface area (Å²) in [4.78, 5) is 15.2. The number of hydrogen-bond acceptors (Lipinski definition) is 5. The molecule has 4 nitrogen and oxygen atoms in total. The third kappa shape index (κ3) is 3.46. The van der Waals surface area contributed by atoms with Crippen LogP contribution in [0, 0.1) is 0 Å². The number of morpholine rings is 1. The Hall–Kier alpha value is -1.98. The second kappa shape index (κ2) is 7.56. The molecule has 0 bridgehead atoms. The first-order chi connectivity index (χ1) is 13.4. The monoisotopic (exact) mass is 379 g/mol. The van der Waals surface area contributed by atoms with E-state index in [0.29, 0.717) is 0 Å². The summed E-state index contributed by atoms with van der Waals surface area (Å²) in [7, 11) is 0. The van der Waals surface area contributed by atoms with E-state index in [4.69, 9.17) is 14.7 Å². The van der Waals surface area contributed by atoms with Crippen LogP contribution in [0.4, 0.5) is 5.82 Å². The molecule has 1 aliphatic heterocycles. The molecule has 0 N–H and O–H groups in total. The van der Waals surface area contributed by atoms with E-state index in [1.807, 2.05) is 11.3 Å². The van der Waals surface area contributed by atoms with Crippen LogP contribution < -0.4 is 4.90 Å². The van der Waals surface area contributed by atoms with Crippen LogP contribution in [-0.4, -0.2) is 36.3 Å². The van der Waals surface area contributed by atoms with Gasteiger partial charge in [-0.3, -0.25) is 0 Å². The highest BCUT2D eigenvalue weighted by atomic mass is 32.1. The molecule has 0 spiro atoms. The highest BCUT2D eigenvalue weighted by Crippen LogP contribution is 2.40. The van der Waals surface area contributed by atoms with Gasteiger partial charge in [0, 0.05) is 24.4 Å². The quantitative estimate of drug-likeness (QED) is 0.681. The van der Waals surface area contributed by atoms with Gasteiger partial charge in [-0.15, -0.1) is 11.3 Å². The smallest absolute Gasteiger partial charge is 0.141 e. The average molecular weight is 380 g/mol. The van der Waals surface area contributed by atoms with Crippen molar-refractivity contribution in [1.82, 2.24) is 9.97 Å². The van der Waals surface area contributed by atoms with Crippen LogP contribution in [0.2, 0.25) is 0 Å². The zero-order chi connectivity index (χ0) is 18.1. The zero-order valence-electron chi connectivity index (χ0n) is 15.6. The SMILES string of the molecule is c1ccc(CCc2nc(N3CCOCC3)c3c4c(sc3n2)CCCC4)cc1. The van der Waals surface area contributed by atoms with Gasteiger partial charge in [0.25, 0.3) is 0 Å². The molecule has 1 saturated heterocycles. The Morgan fingerprint density at radius 1 is 0.963 bits per heavy atom. The standard InChI is InChI=1S/C22H25N3OS/c1-2-6-16(7-3-1)10-11-19-23-21(25-12-14-26-15-13-25)20-17-8-4-5-9-18(17)27-22(20)24-19/h1-3,6-7H,4-5,8-15H2. The van der Waals surface area contributed by atoms with Gasteiger partial charge in [0.15, 0.2) is 0 Å². The molecule has 1 aliphatic carbocycles. The van der Waals surface area contributed by atoms with Crippen LogP contribution in [0.1, 0.15) is 34.7 Å². The van der Waals surface area contributed by atoms with Crippen LogP contribution in [0.15, 0.2) is 30.3 Å². The van der Waals surface area contributed by atoms with E-state index >= 15 is 0 Å². The lowest BCUT2D eigenvalue weighted by Gasteiger charge is -2.29. The molecule has 0 amide bonds. The third-order valence-corrected chi connectivity index (χ3v) is 6.82. The Balaban J connectivity index is 1.54.